The predicted molar refractivity (Wildman–Crippen MR) is 49.1 cm³/mol. The van der Waals surface area contributed by atoms with E-state index in [2.05, 4.69) is 0 Å². The average molecular weight is 182 g/mol. The molecule has 0 spiro atoms. The monoisotopic (exact) mass is 182 g/mol. The Morgan fingerprint density at radius 3 is 1.69 bits per heavy atom. The minimum atomic E-state index is 0.279. The maximum atomic E-state index is 9.46. The summed E-state index contributed by atoms with van der Waals surface area (Å²) in [6, 6.07) is 0. The topological polar surface area (TPSA) is 40.5 Å². The van der Waals surface area contributed by atoms with Crippen LogP contribution in [0, 0.1) is 22.7 Å². The zero-order chi connectivity index (χ0) is 9.10. The molecule has 0 aromatic rings. The molecular weight excluding hydrogens is 164 g/mol. The van der Waals surface area contributed by atoms with Gasteiger partial charge in [-0.25, -0.2) is 0 Å². The van der Waals surface area contributed by atoms with Crippen LogP contribution in [0.2, 0.25) is 0 Å². The van der Waals surface area contributed by atoms with E-state index in [-0.39, 0.29) is 10.8 Å². The van der Waals surface area contributed by atoms with Gasteiger partial charge in [0.15, 0.2) is 0 Å². The number of rotatable bonds is 2. The molecule has 2 heteroatoms. The molecule has 0 unspecified atom stereocenters. The van der Waals surface area contributed by atoms with Crippen molar-refractivity contribution in [3.05, 3.63) is 0 Å². The van der Waals surface area contributed by atoms with Gasteiger partial charge < -0.3 is 10.2 Å². The van der Waals surface area contributed by atoms with Gasteiger partial charge in [0.2, 0.25) is 0 Å². The Kier molecular flexibility index (Phi) is 1.45. The summed E-state index contributed by atoms with van der Waals surface area (Å²) in [6.45, 7) is 0.769. The molecule has 2 N–H and O–H groups in total. The summed E-state index contributed by atoms with van der Waals surface area (Å²) in [7, 11) is 0. The van der Waals surface area contributed by atoms with Crippen LogP contribution in [-0.2, 0) is 0 Å². The Labute approximate surface area is 79.0 Å². The summed E-state index contributed by atoms with van der Waals surface area (Å²) in [5, 5.41) is 18.9. The first-order valence-electron chi connectivity index (χ1n) is 5.46. The molecule has 0 aromatic carbocycles. The Hall–Kier alpha value is -0.0800. The number of aliphatic hydroxyl groups excluding tert-OH is 2. The lowest BCUT2D eigenvalue weighted by Crippen LogP contribution is -2.47. The summed E-state index contributed by atoms with van der Waals surface area (Å²) in [5.41, 5.74) is 0.559. The van der Waals surface area contributed by atoms with E-state index in [1.165, 1.54) is 19.3 Å². The van der Waals surface area contributed by atoms with E-state index < -0.39 is 0 Å². The lowest BCUT2D eigenvalue weighted by atomic mass is 9.54. The van der Waals surface area contributed by atoms with Crippen LogP contribution < -0.4 is 0 Å². The third kappa shape index (κ3) is 0.774. The highest BCUT2D eigenvalue weighted by Crippen LogP contribution is 2.70. The molecule has 4 saturated carbocycles. The predicted octanol–water partition coefficient (Wildman–Crippen LogP) is 1.17. The lowest BCUT2D eigenvalue weighted by molar-refractivity contribution is -0.0754. The smallest absolute Gasteiger partial charge is 0.0490 e. The highest BCUT2D eigenvalue weighted by Gasteiger charge is 2.64. The third-order valence-corrected chi connectivity index (χ3v) is 5.36. The molecule has 4 rings (SSSR count). The van der Waals surface area contributed by atoms with Crippen LogP contribution in [0.25, 0.3) is 0 Å². The van der Waals surface area contributed by atoms with Crippen molar-refractivity contribution in [2.45, 2.75) is 32.1 Å². The van der Waals surface area contributed by atoms with Gasteiger partial charge in [0.25, 0.3) is 0 Å². The molecule has 2 nitrogen and oxygen atoms in total. The molecule has 74 valence electrons. The van der Waals surface area contributed by atoms with Gasteiger partial charge in [0.1, 0.15) is 0 Å². The number of hydrogen-bond donors (Lipinski definition) is 2. The van der Waals surface area contributed by atoms with E-state index in [1.807, 2.05) is 0 Å². The Bertz CT molecular complexity index is 216. The fourth-order valence-corrected chi connectivity index (χ4v) is 4.41. The minimum Gasteiger partial charge on any atom is -0.396 e. The number of fused-ring (bicyclic) bond motifs is 1. The molecule has 4 aliphatic rings. The van der Waals surface area contributed by atoms with Gasteiger partial charge in [-0.2, -0.15) is 0 Å². The fraction of sp³-hybridized carbons (Fsp3) is 1.00. The SMILES string of the molecule is OC[C@]12CC[C@]3(CO)C[C@H]1C[C@@H]3C2. The maximum Gasteiger partial charge on any atom is 0.0490 e. The van der Waals surface area contributed by atoms with Crippen molar-refractivity contribution in [3.8, 4) is 0 Å². The summed E-state index contributed by atoms with van der Waals surface area (Å²) in [6.07, 6.45) is 5.97. The molecule has 4 aliphatic carbocycles. The number of hydrogen-bond acceptors (Lipinski definition) is 2. The maximum absolute atomic E-state index is 9.46. The summed E-state index contributed by atoms with van der Waals surface area (Å²) in [4.78, 5) is 0. The van der Waals surface area contributed by atoms with E-state index in [9.17, 15) is 10.2 Å². The third-order valence-electron chi connectivity index (χ3n) is 5.36. The van der Waals surface area contributed by atoms with Gasteiger partial charge in [-0.05, 0) is 54.8 Å². The molecule has 0 aliphatic heterocycles. The van der Waals surface area contributed by atoms with Crippen molar-refractivity contribution >= 4 is 0 Å². The van der Waals surface area contributed by atoms with Crippen LogP contribution in [0.4, 0.5) is 0 Å². The molecule has 0 heterocycles. The molecule has 0 saturated heterocycles. The zero-order valence-corrected chi connectivity index (χ0v) is 8.00. The standard InChI is InChI=1S/C11H18O2/c12-6-10-1-2-11(7-13)5-8(10)3-9(11)4-10/h8-9,12-13H,1-7H2/t8-,9-,10-,11-/m1/s1. The summed E-state index contributed by atoms with van der Waals surface area (Å²) in [5.74, 6) is 1.45. The average Bonchev–Trinajstić information content (AvgIpc) is 2.70. The largest absolute Gasteiger partial charge is 0.396 e. The van der Waals surface area contributed by atoms with Crippen molar-refractivity contribution < 1.29 is 10.2 Å². The molecule has 4 fully saturated rings. The quantitative estimate of drug-likeness (QED) is 0.673. The second-order valence-corrected chi connectivity index (χ2v) is 5.58. The molecule has 0 aromatic heterocycles. The van der Waals surface area contributed by atoms with Crippen LogP contribution >= 0.6 is 0 Å². The molecule has 0 amide bonds. The van der Waals surface area contributed by atoms with Gasteiger partial charge in [-0.15, -0.1) is 0 Å². The van der Waals surface area contributed by atoms with Gasteiger partial charge in [-0.3, -0.25) is 0 Å². The van der Waals surface area contributed by atoms with Crippen LogP contribution in [0.3, 0.4) is 0 Å². The Morgan fingerprint density at radius 1 is 0.923 bits per heavy atom. The second-order valence-electron chi connectivity index (χ2n) is 5.58. The molecule has 4 atom stereocenters. The van der Waals surface area contributed by atoms with E-state index in [0.29, 0.717) is 13.2 Å². The van der Waals surface area contributed by atoms with Gasteiger partial charge in [-0.1, -0.05) is 0 Å². The van der Waals surface area contributed by atoms with Gasteiger partial charge in [0, 0.05) is 13.2 Å². The van der Waals surface area contributed by atoms with Crippen molar-refractivity contribution in [2.24, 2.45) is 22.7 Å². The zero-order valence-electron chi connectivity index (χ0n) is 8.00. The normalized spacial score (nSPS) is 57.7. The molecule has 4 bridgehead atoms. The van der Waals surface area contributed by atoms with Gasteiger partial charge >= 0.3 is 0 Å². The van der Waals surface area contributed by atoms with Crippen LogP contribution in [0.5, 0.6) is 0 Å². The second kappa shape index (κ2) is 2.29. The van der Waals surface area contributed by atoms with Crippen molar-refractivity contribution in [1.29, 1.82) is 0 Å². The first kappa shape index (κ1) is 8.25. The van der Waals surface area contributed by atoms with Crippen LogP contribution in [-0.4, -0.2) is 23.4 Å². The van der Waals surface area contributed by atoms with E-state index in [1.54, 1.807) is 0 Å². The highest BCUT2D eigenvalue weighted by molar-refractivity contribution is 5.13. The molecular formula is C11H18O2. The van der Waals surface area contributed by atoms with Gasteiger partial charge in [0.05, 0.1) is 0 Å². The lowest BCUT2D eigenvalue weighted by Gasteiger charge is -2.51. The highest BCUT2D eigenvalue weighted by atomic mass is 16.3. The van der Waals surface area contributed by atoms with Crippen LogP contribution in [0.1, 0.15) is 32.1 Å². The summed E-state index contributed by atoms with van der Waals surface area (Å²) < 4.78 is 0. The first-order valence-corrected chi connectivity index (χ1v) is 5.46. The van der Waals surface area contributed by atoms with Crippen molar-refractivity contribution in [1.82, 2.24) is 0 Å². The fourth-order valence-electron chi connectivity index (χ4n) is 4.41. The summed E-state index contributed by atoms with van der Waals surface area (Å²) >= 11 is 0. The van der Waals surface area contributed by atoms with Crippen molar-refractivity contribution in [3.63, 3.8) is 0 Å². The first-order chi connectivity index (χ1) is 6.25. The van der Waals surface area contributed by atoms with E-state index in [4.69, 9.17) is 0 Å². The number of aliphatic hydroxyl groups is 2. The van der Waals surface area contributed by atoms with Crippen molar-refractivity contribution in [2.75, 3.05) is 13.2 Å². The molecule has 0 radical (unpaired) electrons. The van der Waals surface area contributed by atoms with E-state index >= 15 is 0 Å². The Balaban J connectivity index is 1.95. The van der Waals surface area contributed by atoms with Crippen LogP contribution in [0.15, 0.2) is 0 Å². The Morgan fingerprint density at radius 2 is 1.38 bits per heavy atom. The molecule has 13 heavy (non-hydrogen) atoms. The van der Waals surface area contributed by atoms with E-state index in [0.717, 1.165) is 24.7 Å². The minimum absolute atomic E-state index is 0.279.